The summed E-state index contributed by atoms with van der Waals surface area (Å²) < 4.78 is 0. The molecule has 4 unspecified atom stereocenters. The number of hydrogen-bond donors (Lipinski definition) is 2. The van der Waals surface area contributed by atoms with Gasteiger partial charge in [0, 0.05) is 25.0 Å². The first-order valence-electron chi connectivity index (χ1n) is 8.33. The third-order valence-corrected chi connectivity index (χ3v) is 5.03. The lowest BCUT2D eigenvalue weighted by molar-refractivity contribution is -0.138. The van der Waals surface area contributed by atoms with E-state index in [4.69, 9.17) is 5.73 Å². The Morgan fingerprint density at radius 2 is 1.86 bits per heavy atom. The summed E-state index contributed by atoms with van der Waals surface area (Å²) in [6.45, 7) is 5.58. The van der Waals surface area contributed by atoms with Crippen LogP contribution in [0, 0.1) is 11.8 Å². The molecule has 3 N–H and O–H groups in total. The fraction of sp³-hybridized carbons (Fsp3) is 0.875. The fourth-order valence-corrected chi connectivity index (χ4v) is 3.38. The Bertz CT molecular complexity index is 380. The monoisotopic (exact) mass is 295 g/mol. The molecule has 2 aliphatic rings. The van der Waals surface area contributed by atoms with Crippen LogP contribution in [0.2, 0.25) is 0 Å². The average molecular weight is 295 g/mol. The molecule has 0 aromatic rings. The average Bonchev–Trinajstić information content (AvgIpc) is 2.50. The molecule has 0 spiro atoms. The lowest BCUT2D eigenvalue weighted by Crippen LogP contribution is -2.51. The Kier molecular flexibility index (Phi) is 5.62. The third kappa shape index (κ3) is 4.19. The second kappa shape index (κ2) is 7.25. The zero-order valence-corrected chi connectivity index (χ0v) is 13.3. The maximum Gasteiger partial charge on any atom is 0.244 e. The number of nitrogens with zero attached hydrogens (tertiary/aromatic N) is 1. The van der Waals surface area contributed by atoms with E-state index in [9.17, 15) is 9.59 Å². The molecule has 21 heavy (non-hydrogen) atoms. The second-order valence-corrected chi connectivity index (χ2v) is 6.77. The Labute approximate surface area is 127 Å². The van der Waals surface area contributed by atoms with Crippen molar-refractivity contribution in [2.75, 3.05) is 13.1 Å². The largest absolute Gasteiger partial charge is 0.344 e. The van der Waals surface area contributed by atoms with Crippen LogP contribution in [0.25, 0.3) is 0 Å². The highest BCUT2D eigenvalue weighted by molar-refractivity contribution is 5.88. The first-order chi connectivity index (χ1) is 9.99. The van der Waals surface area contributed by atoms with E-state index in [1.54, 1.807) is 6.92 Å². The number of rotatable bonds is 3. The summed E-state index contributed by atoms with van der Waals surface area (Å²) in [4.78, 5) is 26.5. The van der Waals surface area contributed by atoms with Gasteiger partial charge in [-0.05, 0) is 51.4 Å². The highest BCUT2D eigenvalue weighted by Crippen LogP contribution is 2.27. The molecule has 1 aliphatic heterocycles. The number of carbonyl (C=O) groups excluding carboxylic acids is 2. The van der Waals surface area contributed by atoms with Gasteiger partial charge >= 0.3 is 0 Å². The van der Waals surface area contributed by atoms with Crippen LogP contribution < -0.4 is 11.1 Å². The van der Waals surface area contributed by atoms with E-state index in [1.807, 2.05) is 4.90 Å². The number of nitrogens with one attached hydrogen (secondary N) is 1. The van der Waals surface area contributed by atoms with Gasteiger partial charge in [-0.2, -0.15) is 0 Å². The summed E-state index contributed by atoms with van der Waals surface area (Å²) in [5.41, 5.74) is 6.06. The van der Waals surface area contributed by atoms with Crippen LogP contribution in [0.3, 0.4) is 0 Å². The maximum atomic E-state index is 12.3. The summed E-state index contributed by atoms with van der Waals surface area (Å²) in [7, 11) is 0. The van der Waals surface area contributed by atoms with Crippen molar-refractivity contribution >= 4 is 11.8 Å². The van der Waals surface area contributed by atoms with Crippen molar-refractivity contribution in [3.05, 3.63) is 0 Å². The standard InChI is InChI=1S/C16H29N3O2/c1-11-6-7-13(10-14(11)17)15(20)18-12(2)16(21)19-8-4-3-5-9-19/h11-14H,3-10,17H2,1-2H3,(H,18,20). The lowest BCUT2D eigenvalue weighted by Gasteiger charge is -2.33. The minimum absolute atomic E-state index is 0.00444. The Morgan fingerprint density at radius 3 is 2.48 bits per heavy atom. The molecule has 1 heterocycles. The number of likely N-dealkylation sites (tertiary alicyclic amines) is 1. The lowest BCUT2D eigenvalue weighted by atomic mass is 9.79. The summed E-state index contributed by atoms with van der Waals surface area (Å²) >= 11 is 0. The normalized spacial score (nSPS) is 31.6. The van der Waals surface area contributed by atoms with Crippen molar-refractivity contribution in [1.82, 2.24) is 10.2 Å². The van der Waals surface area contributed by atoms with E-state index in [-0.39, 0.29) is 23.8 Å². The number of nitrogens with two attached hydrogens (primary N) is 1. The highest BCUT2D eigenvalue weighted by atomic mass is 16.2. The predicted molar refractivity (Wildman–Crippen MR) is 82.5 cm³/mol. The van der Waals surface area contributed by atoms with Crippen molar-refractivity contribution in [2.24, 2.45) is 17.6 Å². The first-order valence-corrected chi connectivity index (χ1v) is 8.33. The van der Waals surface area contributed by atoms with Gasteiger partial charge in [0.15, 0.2) is 0 Å². The molecule has 1 saturated heterocycles. The van der Waals surface area contributed by atoms with Crippen LogP contribution in [0.5, 0.6) is 0 Å². The molecule has 5 nitrogen and oxygen atoms in total. The van der Waals surface area contributed by atoms with Crippen molar-refractivity contribution in [3.63, 3.8) is 0 Å². The van der Waals surface area contributed by atoms with Gasteiger partial charge in [0.2, 0.25) is 11.8 Å². The summed E-state index contributed by atoms with van der Waals surface area (Å²) in [6.07, 6.45) is 5.95. The SMILES string of the molecule is CC(NC(=O)C1CCC(C)C(N)C1)C(=O)N1CCCCC1. The van der Waals surface area contributed by atoms with E-state index in [1.165, 1.54) is 6.42 Å². The molecule has 0 aromatic carbocycles. The molecule has 0 radical (unpaired) electrons. The molecule has 5 heteroatoms. The Balaban J connectivity index is 1.82. The summed E-state index contributed by atoms with van der Waals surface area (Å²) in [6, 6.07) is -0.325. The van der Waals surface area contributed by atoms with Gasteiger partial charge in [-0.3, -0.25) is 9.59 Å². The Morgan fingerprint density at radius 1 is 1.19 bits per heavy atom. The van der Waals surface area contributed by atoms with Crippen LogP contribution in [0.4, 0.5) is 0 Å². The number of piperidine rings is 1. The van der Waals surface area contributed by atoms with E-state index in [0.29, 0.717) is 5.92 Å². The number of amides is 2. The smallest absolute Gasteiger partial charge is 0.244 e. The minimum atomic E-state index is -0.425. The van der Waals surface area contributed by atoms with Crippen LogP contribution in [-0.4, -0.2) is 41.9 Å². The minimum Gasteiger partial charge on any atom is -0.344 e. The van der Waals surface area contributed by atoms with Gasteiger partial charge < -0.3 is 16.0 Å². The van der Waals surface area contributed by atoms with Gasteiger partial charge in [0.25, 0.3) is 0 Å². The van der Waals surface area contributed by atoms with Crippen LogP contribution in [-0.2, 0) is 9.59 Å². The molecule has 2 rings (SSSR count). The fourth-order valence-electron chi connectivity index (χ4n) is 3.38. The van der Waals surface area contributed by atoms with Gasteiger partial charge in [0.1, 0.15) is 6.04 Å². The maximum absolute atomic E-state index is 12.3. The van der Waals surface area contributed by atoms with Crippen molar-refractivity contribution < 1.29 is 9.59 Å². The molecule has 2 fully saturated rings. The molecule has 1 saturated carbocycles. The van der Waals surface area contributed by atoms with E-state index in [0.717, 1.165) is 45.2 Å². The number of carbonyl (C=O) groups is 2. The zero-order valence-electron chi connectivity index (χ0n) is 13.3. The van der Waals surface area contributed by atoms with Crippen LogP contribution in [0.15, 0.2) is 0 Å². The first kappa shape index (κ1) is 16.3. The molecule has 2 amide bonds. The van der Waals surface area contributed by atoms with Crippen molar-refractivity contribution in [1.29, 1.82) is 0 Å². The van der Waals surface area contributed by atoms with Gasteiger partial charge in [-0.25, -0.2) is 0 Å². The third-order valence-electron chi connectivity index (χ3n) is 5.03. The molecule has 0 aromatic heterocycles. The zero-order chi connectivity index (χ0) is 15.4. The molecule has 120 valence electrons. The molecular weight excluding hydrogens is 266 g/mol. The Hall–Kier alpha value is -1.10. The highest BCUT2D eigenvalue weighted by Gasteiger charge is 2.31. The van der Waals surface area contributed by atoms with Gasteiger partial charge in [-0.15, -0.1) is 0 Å². The van der Waals surface area contributed by atoms with Crippen molar-refractivity contribution in [3.8, 4) is 0 Å². The molecular formula is C16H29N3O2. The quantitative estimate of drug-likeness (QED) is 0.823. The van der Waals surface area contributed by atoms with E-state index in [2.05, 4.69) is 12.2 Å². The van der Waals surface area contributed by atoms with Crippen molar-refractivity contribution in [2.45, 2.75) is 64.5 Å². The summed E-state index contributed by atoms with van der Waals surface area (Å²) in [5, 5.41) is 2.90. The number of hydrogen-bond acceptors (Lipinski definition) is 3. The topological polar surface area (TPSA) is 75.4 Å². The van der Waals surface area contributed by atoms with Gasteiger partial charge in [-0.1, -0.05) is 6.92 Å². The summed E-state index contributed by atoms with van der Waals surface area (Å²) in [5.74, 6) is 0.501. The van der Waals surface area contributed by atoms with E-state index < -0.39 is 6.04 Å². The van der Waals surface area contributed by atoms with Crippen LogP contribution in [0.1, 0.15) is 52.4 Å². The van der Waals surface area contributed by atoms with Gasteiger partial charge in [0.05, 0.1) is 0 Å². The molecule has 1 aliphatic carbocycles. The van der Waals surface area contributed by atoms with E-state index >= 15 is 0 Å². The van der Waals surface area contributed by atoms with Crippen LogP contribution >= 0.6 is 0 Å². The molecule has 0 bridgehead atoms. The molecule has 4 atom stereocenters. The predicted octanol–water partition coefficient (Wildman–Crippen LogP) is 1.27. The second-order valence-electron chi connectivity index (χ2n) is 6.77.